The molecule has 0 saturated heterocycles. The van der Waals surface area contributed by atoms with Crippen LogP contribution >= 0.6 is 0 Å². The molecule has 1 aromatic rings. The summed E-state index contributed by atoms with van der Waals surface area (Å²) in [6.07, 6.45) is 5.96. The molecule has 0 bridgehead atoms. The molecule has 0 aliphatic heterocycles. The molecular formula is C12H22N2O. The fourth-order valence-corrected chi connectivity index (χ4v) is 1.60. The van der Waals surface area contributed by atoms with Gasteiger partial charge in [-0.25, -0.2) is 0 Å². The Labute approximate surface area is 92.2 Å². The predicted octanol–water partition coefficient (Wildman–Crippen LogP) is 2.09. The van der Waals surface area contributed by atoms with E-state index in [1.165, 1.54) is 18.4 Å². The van der Waals surface area contributed by atoms with Gasteiger partial charge in [-0.1, -0.05) is 6.92 Å². The molecule has 1 heterocycles. The second-order valence-electron chi connectivity index (χ2n) is 4.35. The number of nitrogens with zero attached hydrogens (tertiary/aromatic N) is 1. The molecule has 3 nitrogen and oxygen atoms in total. The zero-order valence-electron chi connectivity index (χ0n) is 9.78. The van der Waals surface area contributed by atoms with Crippen LogP contribution in [0, 0.1) is 5.92 Å². The van der Waals surface area contributed by atoms with Crippen molar-refractivity contribution in [2.24, 2.45) is 11.7 Å². The van der Waals surface area contributed by atoms with Gasteiger partial charge in [0.25, 0.3) is 0 Å². The van der Waals surface area contributed by atoms with Gasteiger partial charge < -0.3 is 15.1 Å². The van der Waals surface area contributed by atoms with Gasteiger partial charge >= 0.3 is 0 Å². The molecule has 86 valence electrons. The lowest BCUT2D eigenvalue weighted by Crippen LogP contribution is -2.20. The number of furan rings is 1. The van der Waals surface area contributed by atoms with Crippen molar-refractivity contribution in [1.29, 1.82) is 0 Å². The van der Waals surface area contributed by atoms with Crippen molar-refractivity contribution in [2.45, 2.75) is 26.3 Å². The largest absolute Gasteiger partial charge is 0.472 e. The molecule has 0 aliphatic rings. The first-order valence-corrected chi connectivity index (χ1v) is 5.62. The minimum atomic E-state index is 0.646. The van der Waals surface area contributed by atoms with E-state index < -0.39 is 0 Å². The molecule has 1 unspecified atom stereocenters. The van der Waals surface area contributed by atoms with E-state index in [9.17, 15) is 0 Å². The molecule has 0 amide bonds. The molecule has 15 heavy (non-hydrogen) atoms. The van der Waals surface area contributed by atoms with Crippen molar-refractivity contribution in [2.75, 3.05) is 20.1 Å². The summed E-state index contributed by atoms with van der Waals surface area (Å²) >= 11 is 0. The lowest BCUT2D eigenvalue weighted by molar-refractivity contribution is 0.308. The van der Waals surface area contributed by atoms with E-state index in [1.807, 2.05) is 6.07 Å². The molecular weight excluding hydrogens is 188 g/mol. The van der Waals surface area contributed by atoms with Crippen LogP contribution in [0.5, 0.6) is 0 Å². The van der Waals surface area contributed by atoms with E-state index in [0.29, 0.717) is 5.92 Å². The van der Waals surface area contributed by atoms with E-state index in [0.717, 1.165) is 19.6 Å². The summed E-state index contributed by atoms with van der Waals surface area (Å²) in [5, 5.41) is 0. The summed E-state index contributed by atoms with van der Waals surface area (Å²) in [5.41, 5.74) is 6.81. The van der Waals surface area contributed by atoms with E-state index >= 15 is 0 Å². The van der Waals surface area contributed by atoms with Crippen LogP contribution in [0.4, 0.5) is 0 Å². The van der Waals surface area contributed by atoms with E-state index in [4.69, 9.17) is 10.2 Å². The van der Waals surface area contributed by atoms with Gasteiger partial charge in [0.15, 0.2) is 0 Å². The fourth-order valence-electron chi connectivity index (χ4n) is 1.60. The molecule has 0 radical (unpaired) electrons. The van der Waals surface area contributed by atoms with Gasteiger partial charge in [0.1, 0.15) is 0 Å². The monoisotopic (exact) mass is 210 g/mol. The molecule has 1 rings (SSSR count). The molecule has 0 aliphatic carbocycles. The predicted molar refractivity (Wildman–Crippen MR) is 62.5 cm³/mol. The summed E-state index contributed by atoms with van der Waals surface area (Å²) in [6.45, 7) is 5.09. The van der Waals surface area contributed by atoms with E-state index in [1.54, 1.807) is 12.5 Å². The zero-order chi connectivity index (χ0) is 11.1. The molecule has 1 atom stereocenters. The highest BCUT2D eigenvalue weighted by molar-refractivity contribution is 5.04. The Hall–Kier alpha value is -0.800. The topological polar surface area (TPSA) is 42.4 Å². The van der Waals surface area contributed by atoms with Crippen LogP contribution in [0.1, 0.15) is 25.3 Å². The van der Waals surface area contributed by atoms with Crippen molar-refractivity contribution in [1.82, 2.24) is 4.90 Å². The van der Waals surface area contributed by atoms with Crippen molar-refractivity contribution in [3.05, 3.63) is 24.2 Å². The Balaban J connectivity index is 2.11. The Morgan fingerprint density at radius 3 is 2.93 bits per heavy atom. The Morgan fingerprint density at radius 1 is 1.53 bits per heavy atom. The third-order valence-electron chi connectivity index (χ3n) is 2.67. The van der Waals surface area contributed by atoms with Crippen LogP contribution in [0.25, 0.3) is 0 Å². The third-order valence-corrected chi connectivity index (χ3v) is 2.67. The van der Waals surface area contributed by atoms with Crippen LogP contribution in [-0.2, 0) is 6.54 Å². The van der Waals surface area contributed by atoms with E-state index in [-0.39, 0.29) is 0 Å². The maximum atomic E-state index is 5.57. The van der Waals surface area contributed by atoms with Gasteiger partial charge in [0, 0.05) is 12.1 Å². The summed E-state index contributed by atoms with van der Waals surface area (Å²) < 4.78 is 5.03. The van der Waals surface area contributed by atoms with Crippen molar-refractivity contribution < 1.29 is 4.42 Å². The molecule has 0 spiro atoms. The van der Waals surface area contributed by atoms with Gasteiger partial charge in [-0.15, -0.1) is 0 Å². The number of nitrogens with two attached hydrogens (primary N) is 1. The maximum absolute atomic E-state index is 5.57. The zero-order valence-corrected chi connectivity index (χ0v) is 9.78. The van der Waals surface area contributed by atoms with Crippen molar-refractivity contribution in [3.63, 3.8) is 0 Å². The quantitative estimate of drug-likeness (QED) is 0.749. The summed E-state index contributed by atoms with van der Waals surface area (Å²) in [4.78, 5) is 2.31. The normalized spacial score (nSPS) is 13.3. The SMILES string of the molecule is CC(CN)CCCN(C)Cc1ccoc1. The van der Waals surface area contributed by atoms with Crippen LogP contribution in [0.15, 0.2) is 23.0 Å². The molecule has 0 fully saturated rings. The summed E-state index contributed by atoms with van der Waals surface area (Å²) in [5.74, 6) is 0.646. The van der Waals surface area contributed by atoms with Gasteiger partial charge in [-0.05, 0) is 45.0 Å². The minimum Gasteiger partial charge on any atom is -0.472 e. The first kappa shape index (κ1) is 12.3. The van der Waals surface area contributed by atoms with Crippen molar-refractivity contribution in [3.8, 4) is 0 Å². The van der Waals surface area contributed by atoms with Gasteiger partial charge in [0.05, 0.1) is 12.5 Å². The highest BCUT2D eigenvalue weighted by Crippen LogP contribution is 2.07. The van der Waals surface area contributed by atoms with Crippen LogP contribution in [0.2, 0.25) is 0 Å². The second kappa shape index (κ2) is 6.64. The number of hydrogen-bond acceptors (Lipinski definition) is 3. The third kappa shape index (κ3) is 5.00. The average Bonchev–Trinajstić information content (AvgIpc) is 2.70. The summed E-state index contributed by atoms with van der Waals surface area (Å²) in [7, 11) is 2.14. The van der Waals surface area contributed by atoms with Gasteiger partial charge in [0.2, 0.25) is 0 Å². The van der Waals surface area contributed by atoms with Crippen LogP contribution < -0.4 is 5.73 Å². The molecule has 0 saturated carbocycles. The first-order valence-electron chi connectivity index (χ1n) is 5.62. The average molecular weight is 210 g/mol. The van der Waals surface area contributed by atoms with Crippen LogP contribution in [-0.4, -0.2) is 25.0 Å². The number of rotatable bonds is 7. The molecule has 2 N–H and O–H groups in total. The Bertz CT molecular complexity index is 246. The van der Waals surface area contributed by atoms with Gasteiger partial charge in [-0.2, -0.15) is 0 Å². The number of hydrogen-bond donors (Lipinski definition) is 1. The minimum absolute atomic E-state index is 0.646. The highest BCUT2D eigenvalue weighted by atomic mass is 16.3. The smallest absolute Gasteiger partial charge is 0.0947 e. The summed E-state index contributed by atoms with van der Waals surface area (Å²) in [6, 6.07) is 2.01. The Kier molecular flexibility index (Phi) is 5.43. The lowest BCUT2D eigenvalue weighted by atomic mass is 10.1. The molecule has 0 aromatic carbocycles. The fraction of sp³-hybridized carbons (Fsp3) is 0.667. The molecule has 1 aromatic heterocycles. The highest BCUT2D eigenvalue weighted by Gasteiger charge is 2.03. The molecule has 3 heteroatoms. The van der Waals surface area contributed by atoms with Crippen molar-refractivity contribution >= 4 is 0 Å². The lowest BCUT2D eigenvalue weighted by Gasteiger charge is -2.16. The van der Waals surface area contributed by atoms with Gasteiger partial charge in [-0.3, -0.25) is 0 Å². The van der Waals surface area contributed by atoms with Crippen LogP contribution in [0.3, 0.4) is 0 Å². The van der Waals surface area contributed by atoms with E-state index in [2.05, 4.69) is 18.9 Å². The standard InChI is InChI=1S/C12H22N2O/c1-11(8-13)4-3-6-14(2)9-12-5-7-15-10-12/h5,7,10-11H,3-4,6,8-9,13H2,1-2H3. The maximum Gasteiger partial charge on any atom is 0.0947 e. The first-order chi connectivity index (χ1) is 7.22. The second-order valence-corrected chi connectivity index (χ2v) is 4.35. The Morgan fingerprint density at radius 2 is 2.33 bits per heavy atom.